The number of aliphatic hydroxyl groups is 1. The normalized spacial score (nSPS) is 52.1. The summed E-state index contributed by atoms with van der Waals surface area (Å²) in [4.78, 5) is 14.7. The Hall–Kier alpha value is -0.770. The fourth-order valence-electron chi connectivity index (χ4n) is 14.4. The Morgan fingerprint density at radius 3 is 2.38 bits per heavy atom. The van der Waals surface area contributed by atoms with Crippen molar-refractivity contribution in [3.8, 4) is 0 Å². The molecule has 8 heteroatoms. The van der Waals surface area contributed by atoms with E-state index in [1.807, 2.05) is 0 Å². The number of esters is 1. The molecule has 5 saturated carbocycles. The second-order valence-electron chi connectivity index (χ2n) is 20.1. The molecule has 3 aliphatic heterocycles. The van der Waals surface area contributed by atoms with Gasteiger partial charge in [0.1, 0.15) is 6.10 Å². The molecule has 0 aromatic carbocycles. The molecule has 4 unspecified atom stereocenters. The smallest absolute Gasteiger partial charge is 0.303 e. The lowest BCUT2D eigenvalue weighted by Crippen LogP contribution is -2.60. The van der Waals surface area contributed by atoms with E-state index in [1.165, 1.54) is 39.0 Å². The Morgan fingerprint density at radius 1 is 1.00 bits per heavy atom. The van der Waals surface area contributed by atoms with Crippen LogP contribution in [0.3, 0.4) is 0 Å². The van der Waals surface area contributed by atoms with Gasteiger partial charge in [0, 0.05) is 24.3 Å². The van der Waals surface area contributed by atoms with E-state index in [0.717, 1.165) is 52.2 Å². The van der Waals surface area contributed by atoms with Gasteiger partial charge in [0.2, 0.25) is 0 Å². The largest absolute Gasteiger partial charge is 0.459 e. The first-order valence-corrected chi connectivity index (χ1v) is 19.6. The number of aliphatic hydroxyl groups excluding tert-OH is 1. The van der Waals surface area contributed by atoms with Crippen molar-refractivity contribution in [1.82, 2.24) is 4.90 Å². The van der Waals surface area contributed by atoms with Crippen LogP contribution in [0.25, 0.3) is 0 Å². The highest BCUT2D eigenvalue weighted by Gasteiger charge is 2.84. The third-order valence-corrected chi connectivity index (χ3v) is 16.8. The van der Waals surface area contributed by atoms with Gasteiger partial charge in [-0.25, -0.2) is 0 Å². The molecule has 0 radical (unpaired) electrons. The van der Waals surface area contributed by atoms with Crippen molar-refractivity contribution in [3.05, 3.63) is 0 Å². The van der Waals surface area contributed by atoms with Crippen molar-refractivity contribution in [2.75, 3.05) is 32.9 Å². The van der Waals surface area contributed by atoms with Crippen LogP contribution in [0.4, 0.5) is 0 Å². The summed E-state index contributed by atoms with van der Waals surface area (Å²) in [6.07, 6.45) is 8.09. The van der Waals surface area contributed by atoms with Crippen LogP contribution in [0.5, 0.6) is 0 Å². The monoisotopic (exact) mass is 671 g/mol. The summed E-state index contributed by atoms with van der Waals surface area (Å²) < 4.78 is 31.6. The van der Waals surface area contributed by atoms with Gasteiger partial charge in [-0.15, -0.1) is 0 Å². The second kappa shape index (κ2) is 11.1. The minimum Gasteiger partial charge on any atom is -0.459 e. The molecule has 8 aliphatic rings. The summed E-state index contributed by atoms with van der Waals surface area (Å²) in [6.45, 7) is 24.5. The van der Waals surface area contributed by atoms with Crippen LogP contribution < -0.4 is 0 Å². The second-order valence-corrected chi connectivity index (χ2v) is 20.1. The molecule has 2 spiro atoms. The number of ether oxygens (including phenoxy) is 5. The Bertz CT molecular complexity index is 1280. The van der Waals surface area contributed by atoms with Gasteiger partial charge in [0.25, 0.3) is 0 Å². The standard InChI is InChI=1S/C40H65NO7/c1-23-18-26(34(35(3,4)5)46-24(2)42)47-32-31(23)37(8)14-15-40-22-39(40)13-12-29(48-30-19-41(16-17-45-30)25-20-44-21-25)36(6,7)27(39)10-11-28(40)38(37,9)33(32)43/h23,25-34,43H,10-22H2,1-9H3/t23-,26?,27+,28?,29?,30+,31+,32?,33+,34+,37-,38-,39-,40+/m1/s1. The van der Waals surface area contributed by atoms with E-state index in [4.69, 9.17) is 23.7 Å². The Balaban J connectivity index is 1.03. The molecular formula is C40H65NO7. The number of nitrogens with zero attached hydrogens (tertiary/aromatic N) is 1. The highest BCUT2D eigenvalue weighted by atomic mass is 16.7. The highest BCUT2D eigenvalue weighted by Crippen LogP contribution is 2.89. The molecule has 8 rings (SSSR count). The summed E-state index contributed by atoms with van der Waals surface area (Å²) in [5, 5.41) is 12.6. The lowest BCUT2D eigenvalue weighted by atomic mass is 9.41. The van der Waals surface area contributed by atoms with Gasteiger partial charge in [0.15, 0.2) is 6.29 Å². The van der Waals surface area contributed by atoms with E-state index in [-0.39, 0.29) is 58.3 Å². The number of rotatable bonds is 5. The minimum absolute atomic E-state index is 0.0121. The average Bonchev–Trinajstić information content (AvgIpc) is 3.61. The maximum Gasteiger partial charge on any atom is 0.303 e. The Morgan fingerprint density at radius 2 is 1.71 bits per heavy atom. The topological polar surface area (TPSA) is 86.7 Å². The van der Waals surface area contributed by atoms with E-state index in [2.05, 4.69) is 60.3 Å². The molecule has 8 nitrogen and oxygen atoms in total. The lowest BCUT2D eigenvalue weighted by molar-refractivity contribution is -0.256. The number of hydrogen-bond donors (Lipinski definition) is 1. The molecular weight excluding hydrogens is 606 g/mol. The third-order valence-electron chi connectivity index (χ3n) is 16.8. The van der Waals surface area contributed by atoms with E-state index in [1.54, 1.807) is 0 Å². The highest BCUT2D eigenvalue weighted by molar-refractivity contribution is 5.66. The van der Waals surface area contributed by atoms with Crippen LogP contribution in [-0.2, 0) is 28.5 Å². The number of carbonyl (C=O) groups excluding carboxylic acids is 1. The summed E-state index contributed by atoms with van der Waals surface area (Å²) in [6, 6.07) is 0.519. The van der Waals surface area contributed by atoms with Crippen molar-refractivity contribution >= 4 is 5.97 Å². The number of hydrogen-bond acceptors (Lipinski definition) is 8. The molecule has 0 amide bonds. The van der Waals surface area contributed by atoms with Crippen molar-refractivity contribution < 1.29 is 33.6 Å². The maximum atomic E-state index is 12.6. The lowest BCUT2D eigenvalue weighted by Gasteiger charge is -2.64. The number of morpholine rings is 1. The summed E-state index contributed by atoms with van der Waals surface area (Å²) in [7, 11) is 0. The van der Waals surface area contributed by atoms with Gasteiger partial charge in [-0.1, -0.05) is 55.4 Å². The van der Waals surface area contributed by atoms with E-state index < -0.39 is 6.10 Å². The molecule has 3 heterocycles. The fourth-order valence-corrected chi connectivity index (χ4v) is 14.4. The van der Waals surface area contributed by atoms with Crippen LogP contribution in [0.2, 0.25) is 0 Å². The maximum absolute atomic E-state index is 12.6. The average molecular weight is 672 g/mol. The molecule has 272 valence electrons. The molecule has 0 bridgehead atoms. The molecule has 0 aromatic heterocycles. The zero-order valence-electron chi connectivity index (χ0n) is 31.4. The molecule has 8 fully saturated rings. The first-order valence-electron chi connectivity index (χ1n) is 19.6. The van der Waals surface area contributed by atoms with Crippen LogP contribution in [0, 0.1) is 56.2 Å². The van der Waals surface area contributed by atoms with Crippen molar-refractivity contribution in [3.63, 3.8) is 0 Å². The van der Waals surface area contributed by atoms with Crippen molar-refractivity contribution in [2.45, 2.75) is 157 Å². The zero-order chi connectivity index (χ0) is 34.2. The van der Waals surface area contributed by atoms with Crippen LogP contribution >= 0.6 is 0 Å². The minimum atomic E-state index is -0.521. The van der Waals surface area contributed by atoms with Crippen LogP contribution in [0.1, 0.15) is 114 Å². The van der Waals surface area contributed by atoms with Crippen molar-refractivity contribution in [2.24, 2.45) is 56.2 Å². The SMILES string of the molecule is CC(=O)O[C@@H](C1C[C@@H](C)[C@H]2C(O1)[C@H](O)[C@@]1(C)C3CC[C@H]4C(C)(C)C(O[C@H]5CN(C6COC6)CCO5)CC[C@@]45C[C@@]35CC[C@]21C)C(C)(C)C. The zero-order valence-corrected chi connectivity index (χ0v) is 31.4. The molecule has 48 heavy (non-hydrogen) atoms. The first-order chi connectivity index (χ1) is 22.5. The van der Waals surface area contributed by atoms with Crippen LogP contribution in [-0.4, -0.2) is 91.7 Å². The van der Waals surface area contributed by atoms with Gasteiger partial charge < -0.3 is 28.8 Å². The van der Waals surface area contributed by atoms with Gasteiger partial charge in [-0.05, 0) is 96.7 Å². The first kappa shape index (κ1) is 34.3. The molecule has 3 saturated heterocycles. The third kappa shape index (κ3) is 4.56. The predicted molar refractivity (Wildman–Crippen MR) is 182 cm³/mol. The van der Waals surface area contributed by atoms with E-state index in [0.29, 0.717) is 40.5 Å². The summed E-state index contributed by atoms with van der Waals surface area (Å²) in [5.74, 6) is 1.55. The number of fused-ring (bicyclic) bond motifs is 4. The molecule has 5 aliphatic carbocycles. The van der Waals surface area contributed by atoms with Gasteiger partial charge >= 0.3 is 5.97 Å². The Kier molecular flexibility index (Phi) is 7.95. The van der Waals surface area contributed by atoms with Gasteiger partial charge in [0.05, 0.1) is 56.8 Å². The predicted octanol–water partition coefficient (Wildman–Crippen LogP) is 6.22. The van der Waals surface area contributed by atoms with Crippen LogP contribution in [0.15, 0.2) is 0 Å². The van der Waals surface area contributed by atoms with Gasteiger partial charge in [-0.2, -0.15) is 0 Å². The molecule has 1 N–H and O–H groups in total. The van der Waals surface area contributed by atoms with E-state index in [9.17, 15) is 9.90 Å². The molecule has 0 aromatic rings. The number of carbonyl (C=O) groups is 1. The van der Waals surface area contributed by atoms with Gasteiger partial charge in [-0.3, -0.25) is 9.69 Å². The van der Waals surface area contributed by atoms with E-state index >= 15 is 0 Å². The Labute approximate surface area is 289 Å². The summed E-state index contributed by atoms with van der Waals surface area (Å²) in [5.41, 5.74) is 0.279. The fraction of sp³-hybridized carbons (Fsp3) is 0.975. The molecule has 14 atom stereocenters. The summed E-state index contributed by atoms with van der Waals surface area (Å²) >= 11 is 0. The quantitative estimate of drug-likeness (QED) is 0.345. The van der Waals surface area contributed by atoms with Crippen molar-refractivity contribution in [1.29, 1.82) is 0 Å².